The van der Waals surface area contributed by atoms with Crippen LogP contribution in [0.1, 0.15) is 19.7 Å². The summed E-state index contributed by atoms with van der Waals surface area (Å²) in [4.78, 5) is 11.3. The van der Waals surface area contributed by atoms with Gasteiger partial charge in [-0.1, -0.05) is 0 Å². The first-order chi connectivity index (χ1) is 7.57. The lowest BCUT2D eigenvalue weighted by Crippen LogP contribution is -2.31. The zero-order chi connectivity index (χ0) is 11.3. The van der Waals surface area contributed by atoms with Crippen LogP contribution in [0.15, 0.2) is 12.7 Å². The molecule has 0 radical (unpaired) electrons. The highest BCUT2D eigenvalue weighted by Gasteiger charge is 2.22. The normalized spacial score (nSPS) is 12.7. The second-order valence-corrected chi connectivity index (χ2v) is 4.28. The van der Waals surface area contributed by atoms with Crippen molar-refractivity contribution in [2.45, 2.75) is 19.4 Å². The molecule has 3 heterocycles. The lowest BCUT2D eigenvalue weighted by Gasteiger charge is -2.15. The molecular formula is C9H11N7. The Labute approximate surface area is 90.7 Å². The van der Waals surface area contributed by atoms with E-state index < -0.39 is 5.54 Å². The van der Waals surface area contributed by atoms with Gasteiger partial charge in [0.15, 0.2) is 17.1 Å². The topological polar surface area (TPSA) is 97.8 Å². The molecule has 0 amide bonds. The number of imidazole rings is 1. The van der Waals surface area contributed by atoms with E-state index >= 15 is 0 Å². The van der Waals surface area contributed by atoms with Crippen LogP contribution >= 0.6 is 0 Å². The summed E-state index contributed by atoms with van der Waals surface area (Å²) >= 11 is 0. The van der Waals surface area contributed by atoms with Gasteiger partial charge in [0, 0.05) is 0 Å². The predicted molar refractivity (Wildman–Crippen MR) is 57.6 cm³/mol. The molecule has 16 heavy (non-hydrogen) atoms. The van der Waals surface area contributed by atoms with Crippen LogP contribution in [0.2, 0.25) is 0 Å². The molecule has 0 fully saturated rings. The minimum atomic E-state index is -0.561. The van der Waals surface area contributed by atoms with Crippen LogP contribution in [0.25, 0.3) is 16.8 Å². The minimum absolute atomic E-state index is 0.561. The third kappa shape index (κ3) is 1.12. The van der Waals surface area contributed by atoms with Crippen LogP contribution in [-0.2, 0) is 5.54 Å². The Morgan fingerprint density at radius 1 is 1.31 bits per heavy atom. The van der Waals surface area contributed by atoms with Crippen molar-refractivity contribution in [1.82, 2.24) is 29.5 Å². The number of aromatic amines is 1. The van der Waals surface area contributed by atoms with Gasteiger partial charge in [0.05, 0.1) is 11.9 Å². The van der Waals surface area contributed by atoms with Crippen LogP contribution < -0.4 is 5.73 Å². The molecule has 0 bridgehead atoms. The Hall–Kier alpha value is -2.02. The van der Waals surface area contributed by atoms with Crippen molar-refractivity contribution in [2.75, 3.05) is 0 Å². The molecule has 0 saturated carbocycles. The molecule has 7 heteroatoms. The van der Waals surface area contributed by atoms with Crippen LogP contribution in [0, 0.1) is 0 Å². The lowest BCUT2D eigenvalue weighted by molar-refractivity contribution is 0.507. The monoisotopic (exact) mass is 217 g/mol. The van der Waals surface area contributed by atoms with Crippen molar-refractivity contribution in [1.29, 1.82) is 0 Å². The standard InChI is InChI=1S/C9H11N7/c1-9(2,10)8-15-14-7-5-6(12-3-11-5)13-4-16(7)8/h3-4H,10H2,1-2H3,(H,11,12). The van der Waals surface area contributed by atoms with Crippen molar-refractivity contribution in [2.24, 2.45) is 5.73 Å². The summed E-state index contributed by atoms with van der Waals surface area (Å²) in [6, 6.07) is 0. The van der Waals surface area contributed by atoms with Crippen molar-refractivity contribution < 1.29 is 0 Å². The molecular weight excluding hydrogens is 206 g/mol. The van der Waals surface area contributed by atoms with Gasteiger partial charge in [-0.2, -0.15) is 0 Å². The summed E-state index contributed by atoms with van der Waals surface area (Å²) in [5.41, 5.74) is 7.53. The molecule has 3 aromatic heterocycles. The average Bonchev–Trinajstić information content (AvgIpc) is 2.81. The van der Waals surface area contributed by atoms with E-state index in [0.29, 0.717) is 17.1 Å². The van der Waals surface area contributed by atoms with E-state index in [2.05, 4.69) is 25.1 Å². The van der Waals surface area contributed by atoms with Gasteiger partial charge >= 0.3 is 0 Å². The predicted octanol–water partition coefficient (Wildman–Crippen LogP) is 0.194. The van der Waals surface area contributed by atoms with Crippen molar-refractivity contribution >= 4 is 16.8 Å². The van der Waals surface area contributed by atoms with E-state index in [-0.39, 0.29) is 0 Å². The molecule has 0 spiro atoms. The highest BCUT2D eigenvalue weighted by atomic mass is 15.3. The fourth-order valence-corrected chi connectivity index (χ4v) is 1.67. The van der Waals surface area contributed by atoms with Crippen molar-refractivity contribution in [3.8, 4) is 0 Å². The number of rotatable bonds is 1. The van der Waals surface area contributed by atoms with E-state index in [4.69, 9.17) is 5.73 Å². The van der Waals surface area contributed by atoms with Gasteiger partial charge in [0.1, 0.15) is 11.8 Å². The number of nitrogens with zero attached hydrogens (tertiary/aromatic N) is 5. The van der Waals surface area contributed by atoms with Crippen LogP contribution in [-0.4, -0.2) is 29.5 Å². The second-order valence-electron chi connectivity index (χ2n) is 4.28. The SMILES string of the molecule is CC(C)(N)c1nnc2c3[nH]cnc3ncn12. The van der Waals surface area contributed by atoms with Crippen LogP contribution in [0.3, 0.4) is 0 Å². The van der Waals surface area contributed by atoms with Gasteiger partial charge in [-0.25, -0.2) is 9.97 Å². The third-order valence-corrected chi connectivity index (χ3v) is 2.41. The first kappa shape index (κ1) is 9.22. The summed E-state index contributed by atoms with van der Waals surface area (Å²) < 4.78 is 1.78. The summed E-state index contributed by atoms with van der Waals surface area (Å²) in [5.74, 6) is 0.673. The van der Waals surface area contributed by atoms with E-state index in [9.17, 15) is 0 Å². The van der Waals surface area contributed by atoms with E-state index in [0.717, 1.165) is 5.52 Å². The maximum absolute atomic E-state index is 6.01. The quantitative estimate of drug-likeness (QED) is 0.606. The summed E-state index contributed by atoms with van der Waals surface area (Å²) in [5, 5.41) is 8.20. The molecule has 82 valence electrons. The molecule has 3 rings (SSSR count). The number of hydrogen-bond donors (Lipinski definition) is 2. The second kappa shape index (κ2) is 2.76. The minimum Gasteiger partial charge on any atom is -0.340 e. The Kier molecular flexibility index (Phi) is 1.59. The van der Waals surface area contributed by atoms with Crippen molar-refractivity contribution in [3.05, 3.63) is 18.5 Å². The third-order valence-electron chi connectivity index (χ3n) is 2.41. The first-order valence-corrected chi connectivity index (χ1v) is 4.89. The number of nitrogens with one attached hydrogen (secondary N) is 1. The smallest absolute Gasteiger partial charge is 0.189 e. The first-order valence-electron chi connectivity index (χ1n) is 4.89. The van der Waals surface area contributed by atoms with Gasteiger partial charge in [-0.3, -0.25) is 4.40 Å². The summed E-state index contributed by atoms with van der Waals surface area (Å²) in [6.45, 7) is 3.75. The number of fused-ring (bicyclic) bond motifs is 3. The van der Waals surface area contributed by atoms with E-state index in [1.807, 2.05) is 13.8 Å². The maximum Gasteiger partial charge on any atom is 0.189 e. The Morgan fingerprint density at radius 3 is 2.88 bits per heavy atom. The molecule has 0 aliphatic heterocycles. The number of hydrogen-bond acceptors (Lipinski definition) is 5. The molecule has 0 saturated heterocycles. The molecule has 3 aromatic rings. The van der Waals surface area contributed by atoms with Gasteiger partial charge in [-0.05, 0) is 13.8 Å². The average molecular weight is 217 g/mol. The molecule has 0 aliphatic carbocycles. The largest absolute Gasteiger partial charge is 0.340 e. The van der Waals surface area contributed by atoms with Gasteiger partial charge in [-0.15, -0.1) is 10.2 Å². The molecule has 7 nitrogen and oxygen atoms in total. The Balaban J connectivity index is 2.44. The molecule has 0 unspecified atom stereocenters. The number of H-pyrrole nitrogens is 1. The van der Waals surface area contributed by atoms with Crippen molar-refractivity contribution in [3.63, 3.8) is 0 Å². The van der Waals surface area contributed by atoms with Gasteiger partial charge in [0.2, 0.25) is 0 Å². The van der Waals surface area contributed by atoms with Crippen LogP contribution in [0.5, 0.6) is 0 Å². The zero-order valence-corrected chi connectivity index (χ0v) is 8.97. The summed E-state index contributed by atoms with van der Waals surface area (Å²) in [6.07, 6.45) is 3.22. The van der Waals surface area contributed by atoms with Gasteiger partial charge in [0.25, 0.3) is 0 Å². The van der Waals surface area contributed by atoms with E-state index in [1.165, 1.54) is 0 Å². The molecule has 0 aliphatic rings. The molecule has 0 aromatic carbocycles. The number of nitrogens with two attached hydrogens (primary N) is 1. The Morgan fingerprint density at radius 2 is 2.12 bits per heavy atom. The molecule has 0 atom stereocenters. The van der Waals surface area contributed by atoms with Gasteiger partial charge < -0.3 is 10.7 Å². The zero-order valence-electron chi connectivity index (χ0n) is 8.97. The fourth-order valence-electron chi connectivity index (χ4n) is 1.67. The highest BCUT2D eigenvalue weighted by molar-refractivity contribution is 5.84. The Bertz CT molecular complexity index is 657. The molecule has 3 N–H and O–H groups in total. The maximum atomic E-state index is 6.01. The van der Waals surface area contributed by atoms with E-state index in [1.54, 1.807) is 17.1 Å². The number of aromatic nitrogens is 6. The van der Waals surface area contributed by atoms with Crippen LogP contribution in [0.4, 0.5) is 0 Å². The lowest BCUT2D eigenvalue weighted by atomic mass is 10.1. The summed E-state index contributed by atoms with van der Waals surface area (Å²) in [7, 11) is 0. The highest BCUT2D eigenvalue weighted by Crippen LogP contribution is 2.18. The fraction of sp³-hybridized carbons (Fsp3) is 0.333.